The Morgan fingerprint density at radius 2 is 1.71 bits per heavy atom. The zero-order valence-electron chi connectivity index (χ0n) is 20.0. The van der Waals surface area contributed by atoms with Crippen LogP contribution in [-0.4, -0.2) is 21.3 Å². The van der Waals surface area contributed by atoms with Gasteiger partial charge >= 0.3 is 0 Å². The van der Waals surface area contributed by atoms with Crippen LogP contribution in [0.25, 0.3) is 28.0 Å². The lowest BCUT2D eigenvalue weighted by molar-refractivity contribution is 0.146. The van der Waals surface area contributed by atoms with Crippen molar-refractivity contribution in [2.75, 3.05) is 21.3 Å². The van der Waals surface area contributed by atoms with Crippen molar-refractivity contribution in [1.29, 1.82) is 0 Å². The van der Waals surface area contributed by atoms with Gasteiger partial charge in [0.1, 0.15) is 28.4 Å². The minimum atomic E-state index is -0.840. The van der Waals surface area contributed by atoms with Crippen molar-refractivity contribution in [2.24, 2.45) is 0 Å². The van der Waals surface area contributed by atoms with Crippen LogP contribution >= 0.6 is 0 Å². The van der Waals surface area contributed by atoms with Gasteiger partial charge in [-0.3, -0.25) is 0 Å². The number of fused-ring (bicyclic) bond motifs is 5. The van der Waals surface area contributed by atoms with Crippen LogP contribution in [0.5, 0.6) is 17.2 Å². The summed E-state index contributed by atoms with van der Waals surface area (Å²) >= 11 is 0. The van der Waals surface area contributed by atoms with Crippen LogP contribution in [0.4, 0.5) is 0 Å². The zero-order valence-corrected chi connectivity index (χ0v) is 20.0. The van der Waals surface area contributed by atoms with E-state index in [1.165, 1.54) is 0 Å². The van der Waals surface area contributed by atoms with Gasteiger partial charge in [-0.25, -0.2) is 0 Å². The lowest BCUT2D eigenvalue weighted by Crippen LogP contribution is -2.36. The van der Waals surface area contributed by atoms with Crippen molar-refractivity contribution in [3.8, 4) is 17.2 Å². The highest BCUT2D eigenvalue weighted by molar-refractivity contribution is 6.10. The maximum Gasteiger partial charge on any atom is 0.178 e. The number of ether oxygens (including phenoxy) is 4. The van der Waals surface area contributed by atoms with Gasteiger partial charge in [-0.15, -0.1) is 0 Å². The van der Waals surface area contributed by atoms with E-state index in [4.69, 9.17) is 23.4 Å². The molecular weight excluding hydrogens is 440 g/mol. The Hall–Kier alpha value is -4.12. The second kappa shape index (κ2) is 8.27. The second-order valence-corrected chi connectivity index (χ2v) is 8.72. The molecule has 1 aliphatic heterocycles. The number of para-hydroxylation sites is 1. The van der Waals surface area contributed by atoms with Crippen LogP contribution in [0.2, 0.25) is 0 Å². The van der Waals surface area contributed by atoms with E-state index in [2.05, 4.69) is 24.3 Å². The molecule has 0 spiro atoms. The van der Waals surface area contributed by atoms with Gasteiger partial charge in [0, 0.05) is 34.4 Å². The SMILES string of the molecule is COC1=CC=C(C2(c3ccc(OC)cc3OC)C=Cc3c(ccc4oc5ccccc5c34)O2)CC1. The van der Waals surface area contributed by atoms with Crippen LogP contribution in [0.1, 0.15) is 24.0 Å². The van der Waals surface area contributed by atoms with Gasteiger partial charge < -0.3 is 23.4 Å². The van der Waals surface area contributed by atoms with Crippen LogP contribution in [0.3, 0.4) is 0 Å². The van der Waals surface area contributed by atoms with Crippen LogP contribution in [-0.2, 0) is 10.3 Å². The summed E-state index contributed by atoms with van der Waals surface area (Å²) in [5.74, 6) is 3.19. The van der Waals surface area contributed by atoms with Crippen molar-refractivity contribution in [3.05, 3.63) is 95.3 Å². The number of furan rings is 1. The molecular formula is C30H26O5. The average molecular weight is 467 g/mol. The monoisotopic (exact) mass is 466 g/mol. The molecule has 5 heteroatoms. The normalized spacial score (nSPS) is 19.1. The number of hydrogen-bond donors (Lipinski definition) is 0. The van der Waals surface area contributed by atoms with Gasteiger partial charge in [0.15, 0.2) is 5.60 Å². The highest BCUT2D eigenvalue weighted by atomic mass is 16.5. The minimum absolute atomic E-state index is 0.703. The van der Waals surface area contributed by atoms with E-state index in [0.717, 1.165) is 68.7 Å². The molecule has 6 rings (SSSR count). The second-order valence-electron chi connectivity index (χ2n) is 8.72. The molecule has 1 atom stereocenters. The smallest absolute Gasteiger partial charge is 0.178 e. The molecule has 2 heterocycles. The largest absolute Gasteiger partial charge is 0.501 e. The summed E-state index contributed by atoms with van der Waals surface area (Å²) in [6.07, 6.45) is 10.0. The third-order valence-corrected chi connectivity index (χ3v) is 6.96. The zero-order chi connectivity index (χ0) is 24.0. The molecule has 0 N–H and O–H groups in total. The molecule has 4 aromatic rings. The molecule has 0 amide bonds. The maximum atomic E-state index is 6.97. The first-order valence-electron chi connectivity index (χ1n) is 11.7. The lowest BCUT2D eigenvalue weighted by atomic mass is 9.79. The quantitative estimate of drug-likeness (QED) is 0.312. The van der Waals surface area contributed by atoms with E-state index in [0.29, 0.717) is 5.75 Å². The summed E-state index contributed by atoms with van der Waals surface area (Å²) in [4.78, 5) is 0. The van der Waals surface area contributed by atoms with E-state index in [1.54, 1.807) is 21.3 Å². The molecule has 5 nitrogen and oxygen atoms in total. The Bertz CT molecular complexity index is 1540. The predicted octanol–water partition coefficient (Wildman–Crippen LogP) is 7.15. The first kappa shape index (κ1) is 21.4. The van der Waals surface area contributed by atoms with Gasteiger partial charge in [-0.2, -0.15) is 0 Å². The molecule has 0 radical (unpaired) electrons. The van der Waals surface area contributed by atoms with Gasteiger partial charge in [-0.1, -0.05) is 24.3 Å². The fraction of sp³-hybridized carbons (Fsp3) is 0.200. The molecule has 0 bridgehead atoms. The van der Waals surface area contributed by atoms with E-state index >= 15 is 0 Å². The van der Waals surface area contributed by atoms with E-state index in [1.807, 2.05) is 54.6 Å². The fourth-order valence-electron chi connectivity index (χ4n) is 5.18. The van der Waals surface area contributed by atoms with Crippen LogP contribution in [0.15, 0.2) is 88.6 Å². The molecule has 0 saturated carbocycles. The highest BCUT2D eigenvalue weighted by Gasteiger charge is 2.42. The molecule has 1 unspecified atom stereocenters. The molecule has 3 aromatic carbocycles. The molecule has 35 heavy (non-hydrogen) atoms. The van der Waals surface area contributed by atoms with E-state index in [-0.39, 0.29) is 0 Å². The van der Waals surface area contributed by atoms with Gasteiger partial charge in [0.25, 0.3) is 0 Å². The number of allylic oxidation sites excluding steroid dienone is 3. The summed E-state index contributed by atoms with van der Waals surface area (Å²) in [5, 5.41) is 2.13. The van der Waals surface area contributed by atoms with Crippen molar-refractivity contribution >= 4 is 28.0 Å². The summed E-state index contributed by atoms with van der Waals surface area (Å²) in [6, 6.07) is 17.9. The lowest BCUT2D eigenvalue weighted by Gasteiger charge is -2.39. The molecule has 1 aromatic heterocycles. The number of benzene rings is 3. The molecule has 0 fully saturated rings. The van der Waals surface area contributed by atoms with Crippen molar-refractivity contribution in [3.63, 3.8) is 0 Å². The Morgan fingerprint density at radius 1 is 0.829 bits per heavy atom. The predicted molar refractivity (Wildman–Crippen MR) is 137 cm³/mol. The van der Waals surface area contributed by atoms with Crippen molar-refractivity contribution in [2.45, 2.75) is 18.4 Å². The molecule has 2 aliphatic rings. The topological polar surface area (TPSA) is 50.1 Å². The van der Waals surface area contributed by atoms with Crippen molar-refractivity contribution in [1.82, 2.24) is 0 Å². The summed E-state index contributed by atoms with van der Waals surface area (Å²) in [5.41, 5.74) is 3.93. The van der Waals surface area contributed by atoms with Gasteiger partial charge in [-0.05, 0) is 60.6 Å². The molecule has 0 saturated heterocycles. The summed E-state index contributed by atoms with van der Waals surface area (Å²) in [7, 11) is 5.03. The Labute approximate surface area is 203 Å². The van der Waals surface area contributed by atoms with E-state index < -0.39 is 5.60 Å². The summed E-state index contributed by atoms with van der Waals surface area (Å²) < 4.78 is 29.8. The Balaban J connectivity index is 1.58. The average Bonchev–Trinajstić information content (AvgIpc) is 3.31. The summed E-state index contributed by atoms with van der Waals surface area (Å²) in [6.45, 7) is 0. The first-order chi connectivity index (χ1) is 17.2. The molecule has 1 aliphatic carbocycles. The third kappa shape index (κ3) is 3.30. The number of hydrogen-bond acceptors (Lipinski definition) is 5. The Kier molecular flexibility index (Phi) is 5.06. The van der Waals surface area contributed by atoms with Gasteiger partial charge in [0.05, 0.1) is 27.1 Å². The van der Waals surface area contributed by atoms with E-state index in [9.17, 15) is 0 Å². The van der Waals surface area contributed by atoms with Crippen molar-refractivity contribution < 1.29 is 23.4 Å². The fourth-order valence-corrected chi connectivity index (χ4v) is 5.18. The third-order valence-electron chi connectivity index (χ3n) is 6.96. The maximum absolute atomic E-state index is 6.97. The van der Waals surface area contributed by atoms with Crippen LogP contribution in [0, 0.1) is 0 Å². The minimum Gasteiger partial charge on any atom is -0.501 e. The number of methoxy groups -OCH3 is 3. The highest BCUT2D eigenvalue weighted by Crippen LogP contribution is 2.50. The molecule has 176 valence electrons. The van der Waals surface area contributed by atoms with Crippen LogP contribution < -0.4 is 14.2 Å². The Morgan fingerprint density at radius 3 is 2.49 bits per heavy atom. The standard InChI is InChI=1S/C30H26O5/c1-31-20-10-8-19(9-11-20)30(24-13-12-21(32-2)18-28(24)33-3)17-16-23-26(35-30)14-15-27-29(23)22-6-4-5-7-25(22)34-27/h4-8,10,12-18H,9,11H2,1-3H3. The van der Waals surface area contributed by atoms with Gasteiger partial charge in [0.2, 0.25) is 0 Å². The first-order valence-corrected chi connectivity index (χ1v) is 11.7. The number of rotatable bonds is 5.